The fourth-order valence-electron chi connectivity index (χ4n) is 2.92. The van der Waals surface area contributed by atoms with Gasteiger partial charge in [-0.15, -0.1) is 0 Å². The van der Waals surface area contributed by atoms with Crippen LogP contribution in [0.2, 0.25) is 10.0 Å². The highest BCUT2D eigenvalue weighted by Gasteiger charge is 2.16. The molecule has 4 rings (SSSR count). The smallest absolute Gasteiger partial charge is 0.266 e. The summed E-state index contributed by atoms with van der Waals surface area (Å²) in [6.07, 6.45) is 0. The average Bonchev–Trinajstić information content (AvgIpc) is 2.63. The van der Waals surface area contributed by atoms with Crippen LogP contribution in [0.3, 0.4) is 0 Å². The molecule has 5 heteroatoms. The minimum atomic E-state index is -0.138. The molecular weight excluding hydrogens is 367 g/mol. The van der Waals surface area contributed by atoms with E-state index >= 15 is 0 Å². The molecule has 1 heterocycles. The van der Waals surface area contributed by atoms with Crippen LogP contribution in [0.4, 0.5) is 0 Å². The second-order valence-electron chi connectivity index (χ2n) is 6.05. The van der Waals surface area contributed by atoms with Crippen LogP contribution in [0, 0.1) is 6.92 Å². The van der Waals surface area contributed by atoms with E-state index in [-0.39, 0.29) is 5.56 Å². The summed E-state index contributed by atoms with van der Waals surface area (Å²) in [5.41, 5.74) is 2.99. The van der Waals surface area contributed by atoms with E-state index in [0.29, 0.717) is 32.3 Å². The topological polar surface area (TPSA) is 34.9 Å². The third kappa shape index (κ3) is 2.90. The first-order valence-electron chi connectivity index (χ1n) is 8.09. The fourth-order valence-corrected chi connectivity index (χ4v) is 3.41. The van der Waals surface area contributed by atoms with Gasteiger partial charge in [-0.2, -0.15) is 0 Å². The molecule has 1 aromatic heterocycles. The molecule has 0 aliphatic carbocycles. The number of aromatic nitrogens is 2. The molecule has 3 nitrogen and oxygen atoms in total. The monoisotopic (exact) mass is 380 g/mol. The molecule has 0 aliphatic rings. The first kappa shape index (κ1) is 16.8. The van der Waals surface area contributed by atoms with Crippen molar-refractivity contribution in [1.82, 2.24) is 9.55 Å². The number of rotatable bonds is 2. The molecule has 0 N–H and O–H groups in total. The zero-order valence-electron chi connectivity index (χ0n) is 13.9. The van der Waals surface area contributed by atoms with Crippen molar-refractivity contribution in [1.29, 1.82) is 0 Å². The van der Waals surface area contributed by atoms with Crippen LogP contribution < -0.4 is 5.56 Å². The van der Waals surface area contributed by atoms with Crippen molar-refractivity contribution >= 4 is 34.1 Å². The molecule has 0 amide bonds. The number of para-hydroxylation sites is 1. The second kappa shape index (κ2) is 6.60. The van der Waals surface area contributed by atoms with Crippen LogP contribution in [-0.4, -0.2) is 9.55 Å². The Hall–Kier alpha value is -2.62. The summed E-state index contributed by atoms with van der Waals surface area (Å²) in [7, 11) is 0. The van der Waals surface area contributed by atoms with Crippen LogP contribution in [0.15, 0.2) is 71.5 Å². The molecule has 26 heavy (non-hydrogen) atoms. The summed E-state index contributed by atoms with van der Waals surface area (Å²) in [5, 5.41) is 1.53. The van der Waals surface area contributed by atoms with Crippen LogP contribution in [-0.2, 0) is 0 Å². The van der Waals surface area contributed by atoms with Crippen molar-refractivity contribution in [2.45, 2.75) is 6.92 Å². The molecule has 0 saturated carbocycles. The minimum Gasteiger partial charge on any atom is -0.268 e. The van der Waals surface area contributed by atoms with Crippen LogP contribution in [0.5, 0.6) is 0 Å². The zero-order valence-corrected chi connectivity index (χ0v) is 15.4. The SMILES string of the molecule is Cc1ccc(-n2c(-c3ccc(Cl)cc3Cl)nc3ccccc3c2=O)cc1. The third-order valence-corrected chi connectivity index (χ3v) is 4.79. The molecule has 4 aromatic rings. The maximum atomic E-state index is 13.2. The van der Waals surface area contributed by atoms with Crippen LogP contribution in [0.1, 0.15) is 5.56 Å². The lowest BCUT2D eigenvalue weighted by Gasteiger charge is -2.15. The highest BCUT2D eigenvalue weighted by Crippen LogP contribution is 2.30. The van der Waals surface area contributed by atoms with E-state index in [1.165, 1.54) is 0 Å². The Labute approximate surface area is 160 Å². The van der Waals surface area contributed by atoms with Gasteiger partial charge in [0.1, 0.15) is 5.82 Å². The van der Waals surface area contributed by atoms with Gasteiger partial charge in [0.25, 0.3) is 5.56 Å². The van der Waals surface area contributed by atoms with E-state index in [1.54, 1.807) is 28.8 Å². The minimum absolute atomic E-state index is 0.138. The van der Waals surface area contributed by atoms with Crippen molar-refractivity contribution in [3.05, 3.63) is 92.7 Å². The first-order chi connectivity index (χ1) is 12.5. The molecule has 3 aromatic carbocycles. The van der Waals surface area contributed by atoms with E-state index in [0.717, 1.165) is 11.3 Å². The standard InChI is InChI=1S/C21H14Cl2N2O/c1-13-6-9-15(10-7-13)25-20(16-11-8-14(22)12-18(16)23)24-19-5-3-2-4-17(19)21(25)26/h2-12H,1H3. The third-order valence-electron chi connectivity index (χ3n) is 4.24. The number of hydrogen-bond acceptors (Lipinski definition) is 2. The molecule has 0 saturated heterocycles. The predicted molar refractivity (Wildman–Crippen MR) is 108 cm³/mol. The number of fused-ring (bicyclic) bond motifs is 1. The Morgan fingerprint density at radius 3 is 2.38 bits per heavy atom. The quantitative estimate of drug-likeness (QED) is 0.449. The average molecular weight is 381 g/mol. The van der Waals surface area contributed by atoms with E-state index < -0.39 is 0 Å². The second-order valence-corrected chi connectivity index (χ2v) is 6.90. The molecule has 0 aliphatic heterocycles. The van der Waals surface area contributed by atoms with Gasteiger partial charge in [-0.1, -0.05) is 53.0 Å². The molecule has 0 bridgehead atoms. The van der Waals surface area contributed by atoms with Gasteiger partial charge in [0, 0.05) is 10.6 Å². The van der Waals surface area contributed by atoms with Crippen molar-refractivity contribution in [3.8, 4) is 17.1 Å². The molecule has 0 spiro atoms. The fraction of sp³-hybridized carbons (Fsp3) is 0.0476. The summed E-state index contributed by atoms with van der Waals surface area (Å²) >= 11 is 12.4. The Kier molecular flexibility index (Phi) is 4.27. The molecule has 0 atom stereocenters. The van der Waals surface area contributed by atoms with E-state index in [2.05, 4.69) is 0 Å². The molecule has 0 radical (unpaired) electrons. The number of nitrogens with zero attached hydrogens (tertiary/aromatic N) is 2. The molecule has 0 fully saturated rings. The maximum absolute atomic E-state index is 13.2. The Morgan fingerprint density at radius 1 is 0.923 bits per heavy atom. The zero-order chi connectivity index (χ0) is 18.3. The van der Waals surface area contributed by atoms with E-state index in [4.69, 9.17) is 28.2 Å². The highest BCUT2D eigenvalue weighted by atomic mass is 35.5. The van der Waals surface area contributed by atoms with Gasteiger partial charge in [-0.3, -0.25) is 9.36 Å². The molecule has 128 valence electrons. The summed E-state index contributed by atoms with van der Waals surface area (Å²) in [6, 6.07) is 20.2. The highest BCUT2D eigenvalue weighted by molar-refractivity contribution is 6.36. The van der Waals surface area contributed by atoms with Gasteiger partial charge in [0.05, 0.1) is 21.6 Å². The normalized spacial score (nSPS) is 11.0. The van der Waals surface area contributed by atoms with Gasteiger partial charge in [-0.05, 0) is 49.4 Å². The van der Waals surface area contributed by atoms with Gasteiger partial charge in [0.2, 0.25) is 0 Å². The van der Waals surface area contributed by atoms with Crippen LogP contribution >= 0.6 is 23.2 Å². The van der Waals surface area contributed by atoms with Gasteiger partial charge in [-0.25, -0.2) is 4.98 Å². The number of aryl methyl sites for hydroxylation is 1. The summed E-state index contributed by atoms with van der Waals surface area (Å²) in [5.74, 6) is 0.485. The number of benzene rings is 3. The van der Waals surface area contributed by atoms with Gasteiger partial charge in [0.15, 0.2) is 0 Å². The van der Waals surface area contributed by atoms with Gasteiger partial charge >= 0.3 is 0 Å². The Bertz CT molecular complexity index is 1180. The largest absolute Gasteiger partial charge is 0.268 e. The lowest BCUT2D eigenvalue weighted by molar-refractivity contribution is 0.975. The molecular formula is C21H14Cl2N2O. The van der Waals surface area contributed by atoms with Gasteiger partial charge < -0.3 is 0 Å². The first-order valence-corrected chi connectivity index (χ1v) is 8.84. The Morgan fingerprint density at radius 2 is 1.65 bits per heavy atom. The van der Waals surface area contributed by atoms with Crippen molar-refractivity contribution in [2.75, 3.05) is 0 Å². The van der Waals surface area contributed by atoms with Crippen LogP contribution in [0.25, 0.3) is 28.0 Å². The number of halogens is 2. The summed E-state index contributed by atoms with van der Waals surface area (Å²) < 4.78 is 1.59. The van der Waals surface area contributed by atoms with E-state index in [1.807, 2.05) is 49.4 Å². The number of hydrogen-bond donors (Lipinski definition) is 0. The molecule has 0 unspecified atom stereocenters. The van der Waals surface area contributed by atoms with Crippen molar-refractivity contribution in [2.24, 2.45) is 0 Å². The van der Waals surface area contributed by atoms with Crippen molar-refractivity contribution < 1.29 is 0 Å². The summed E-state index contributed by atoms with van der Waals surface area (Å²) in [6.45, 7) is 2.00. The van der Waals surface area contributed by atoms with Crippen molar-refractivity contribution in [3.63, 3.8) is 0 Å². The predicted octanol–water partition coefficient (Wildman–Crippen LogP) is 5.67. The van der Waals surface area contributed by atoms with E-state index in [9.17, 15) is 4.79 Å². The lowest BCUT2D eigenvalue weighted by atomic mass is 10.1. The maximum Gasteiger partial charge on any atom is 0.266 e. The lowest BCUT2D eigenvalue weighted by Crippen LogP contribution is -2.22. The summed E-state index contributed by atoms with van der Waals surface area (Å²) in [4.78, 5) is 18.0. The Balaban J connectivity index is 2.12.